The van der Waals surface area contributed by atoms with Gasteiger partial charge < -0.3 is 5.11 Å². The van der Waals surface area contributed by atoms with Gasteiger partial charge in [-0.3, -0.25) is 0 Å². The van der Waals surface area contributed by atoms with Crippen LogP contribution in [-0.4, -0.2) is 11.7 Å². The molecule has 0 amide bonds. The van der Waals surface area contributed by atoms with Gasteiger partial charge in [0.15, 0.2) is 0 Å². The first-order valence-electron chi connectivity index (χ1n) is 3.36. The van der Waals surface area contributed by atoms with Crippen molar-refractivity contribution in [2.24, 2.45) is 0 Å². The summed E-state index contributed by atoms with van der Waals surface area (Å²) in [4.78, 5) is 0. The van der Waals surface area contributed by atoms with Gasteiger partial charge in [-0.05, 0) is 17.7 Å². The van der Waals surface area contributed by atoms with Gasteiger partial charge in [0.05, 0.1) is 6.61 Å². The Hall–Kier alpha value is -1.15. The van der Waals surface area contributed by atoms with E-state index in [-0.39, 0.29) is 12.4 Å². The molecular weight excluding hydrogens is 143 g/mol. The zero-order chi connectivity index (χ0) is 8.10. The average Bonchev–Trinajstić information content (AvgIpc) is 2.04. The molecule has 0 aliphatic carbocycles. The topological polar surface area (TPSA) is 20.2 Å². The first-order valence-corrected chi connectivity index (χ1v) is 3.36. The minimum atomic E-state index is -0.244. The fourth-order valence-electron chi connectivity index (χ4n) is 0.763. The monoisotopic (exact) mass is 152 g/mol. The molecule has 0 atom stereocenters. The molecule has 0 aromatic heterocycles. The predicted molar refractivity (Wildman–Crippen MR) is 42.5 cm³/mol. The lowest BCUT2D eigenvalue weighted by atomic mass is 10.2. The molecule has 0 fully saturated rings. The van der Waals surface area contributed by atoms with Crippen LogP contribution in [0.2, 0.25) is 0 Å². The average molecular weight is 152 g/mol. The Kier molecular flexibility index (Phi) is 2.81. The summed E-state index contributed by atoms with van der Waals surface area (Å²) in [5, 5.41) is 8.42. The Morgan fingerprint density at radius 2 is 1.91 bits per heavy atom. The summed E-state index contributed by atoms with van der Waals surface area (Å²) in [6.07, 6.45) is 3.34. The number of rotatable bonds is 2. The summed E-state index contributed by atoms with van der Waals surface area (Å²) in [6, 6.07) is 6.08. The summed E-state index contributed by atoms with van der Waals surface area (Å²) in [5.41, 5.74) is 0.889. The molecule has 11 heavy (non-hydrogen) atoms. The molecule has 0 aliphatic rings. The Bertz CT molecular complexity index is 238. The highest BCUT2D eigenvalue weighted by Crippen LogP contribution is 2.03. The van der Waals surface area contributed by atoms with Crippen molar-refractivity contribution in [3.63, 3.8) is 0 Å². The van der Waals surface area contributed by atoms with E-state index in [4.69, 9.17) is 5.11 Å². The number of aliphatic hydroxyl groups is 1. The lowest BCUT2D eigenvalue weighted by Gasteiger charge is -1.90. The van der Waals surface area contributed by atoms with Crippen LogP contribution in [-0.2, 0) is 0 Å². The molecule has 1 aromatic rings. The summed E-state index contributed by atoms with van der Waals surface area (Å²) in [5.74, 6) is -0.244. The van der Waals surface area contributed by atoms with E-state index in [2.05, 4.69) is 0 Å². The summed E-state index contributed by atoms with van der Waals surface area (Å²) >= 11 is 0. The Labute approximate surface area is 64.8 Å². The Morgan fingerprint density at radius 1 is 1.27 bits per heavy atom. The lowest BCUT2D eigenvalue weighted by molar-refractivity contribution is 0.343. The molecule has 0 spiro atoms. The van der Waals surface area contributed by atoms with Gasteiger partial charge in [-0.2, -0.15) is 0 Å². The zero-order valence-electron chi connectivity index (χ0n) is 6.00. The van der Waals surface area contributed by atoms with Crippen LogP contribution in [0, 0.1) is 5.82 Å². The maximum Gasteiger partial charge on any atom is 0.123 e. The molecule has 0 unspecified atom stereocenters. The Morgan fingerprint density at radius 3 is 2.45 bits per heavy atom. The quantitative estimate of drug-likeness (QED) is 0.685. The molecular formula is C9H9FO. The fraction of sp³-hybridized carbons (Fsp3) is 0.111. The van der Waals surface area contributed by atoms with Gasteiger partial charge in [0.2, 0.25) is 0 Å². The molecule has 1 nitrogen and oxygen atoms in total. The molecule has 58 valence electrons. The molecule has 1 rings (SSSR count). The van der Waals surface area contributed by atoms with Crippen LogP contribution >= 0.6 is 0 Å². The molecule has 2 heteroatoms. The lowest BCUT2D eigenvalue weighted by Crippen LogP contribution is -1.75. The first-order chi connectivity index (χ1) is 5.33. The van der Waals surface area contributed by atoms with Crippen molar-refractivity contribution in [3.8, 4) is 0 Å². The van der Waals surface area contributed by atoms with Crippen molar-refractivity contribution < 1.29 is 9.50 Å². The van der Waals surface area contributed by atoms with Gasteiger partial charge in [-0.1, -0.05) is 24.3 Å². The van der Waals surface area contributed by atoms with Crippen molar-refractivity contribution >= 4 is 6.08 Å². The Balaban J connectivity index is 2.73. The maximum atomic E-state index is 12.3. The van der Waals surface area contributed by atoms with Crippen molar-refractivity contribution in [2.75, 3.05) is 6.61 Å². The molecule has 1 N–H and O–H groups in total. The van der Waals surface area contributed by atoms with E-state index < -0.39 is 0 Å². The minimum Gasteiger partial charge on any atom is -0.392 e. The highest BCUT2D eigenvalue weighted by molar-refractivity contribution is 5.48. The second-order valence-electron chi connectivity index (χ2n) is 2.14. The van der Waals surface area contributed by atoms with Crippen molar-refractivity contribution in [3.05, 3.63) is 41.7 Å². The van der Waals surface area contributed by atoms with Gasteiger partial charge >= 0.3 is 0 Å². The molecule has 0 bridgehead atoms. The third-order valence-electron chi connectivity index (χ3n) is 1.29. The standard InChI is InChI=1S/C9H9FO/c10-9-5-3-8(4-6-9)2-1-7-11/h1-6,11H,7H2/b2-1-. The van der Waals surface area contributed by atoms with Crippen LogP contribution < -0.4 is 0 Å². The highest BCUT2D eigenvalue weighted by atomic mass is 19.1. The van der Waals surface area contributed by atoms with E-state index in [0.717, 1.165) is 5.56 Å². The van der Waals surface area contributed by atoms with Crippen LogP contribution in [0.15, 0.2) is 30.3 Å². The fourth-order valence-corrected chi connectivity index (χ4v) is 0.763. The van der Waals surface area contributed by atoms with Crippen molar-refractivity contribution in [1.82, 2.24) is 0 Å². The second kappa shape index (κ2) is 3.88. The molecule has 0 radical (unpaired) electrons. The number of hydrogen-bond donors (Lipinski definition) is 1. The largest absolute Gasteiger partial charge is 0.392 e. The zero-order valence-corrected chi connectivity index (χ0v) is 6.00. The SMILES string of the molecule is OC/C=C\c1ccc(F)cc1. The van der Waals surface area contributed by atoms with Gasteiger partial charge in [0, 0.05) is 0 Å². The predicted octanol–water partition coefficient (Wildman–Crippen LogP) is 1.83. The number of benzene rings is 1. The van der Waals surface area contributed by atoms with E-state index in [1.165, 1.54) is 12.1 Å². The smallest absolute Gasteiger partial charge is 0.123 e. The van der Waals surface area contributed by atoms with E-state index in [0.29, 0.717) is 0 Å². The van der Waals surface area contributed by atoms with Gasteiger partial charge in [0.1, 0.15) is 5.82 Å². The third-order valence-corrected chi connectivity index (χ3v) is 1.29. The summed E-state index contributed by atoms with van der Waals surface area (Å²) in [7, 11) is 0. The minimum absolute atomic E-state index is 0.0113. The van der Waals surface area contributed by atoms with E-state index in [1.54, 1.807) is 24.3 Å². The van der Waals surface area contributed by atoms with E-state index in [9.17, 15) is 4.39 Å². The van der Waals surface area contributed by atoms with Crippen LogP contribution in [0.4, 0.5) is 4.39 Å². The van der Waals surface area contributed by atoms with Crippen molar-refractivity contribution in [2.45, 2.75) is 0 Å². The van der Waals surface area contributed by atoms with Crippen molar-refractivity contribution in [1.29, 1.82) is 0 Å². The van der Waals surface area contributed by atoms with Crippen LogP contribution in [0.5, 0.6) is 0 Å². The van der Waals surface area contributed by atoms with Crippen LogP contribution in [0.1, 0.15) is 5.56 Å². The van der Waals surface area contributed by atoms with Gasteiger partial charge in [0.25, 0.3) is 0 Å². The van der Waals surface area contributed by atoms with Gasteiger partial charge in [-0.25, -0.2) is 4.39 Å². The molecule has 0 saturated carbocycles. The maximum absolute atomic E-state index is 12.3. The summed E-state index contributed by atoms with van der Waals surface area (Å²) in [6.45, 7) is 0.0113. The number of hydrogen-bond acceptors (Lipinski definition) is 1. The molecule has 1 aromatic carbocycles. The summed E-state index contributed by atoms with van der Waals surface area (Å²) < 4.78 is 12.3. The highest BCUT2D eigenvalue weighted by Gasteiger charge is 1.87. The number of aliphatic hydroxyl groups excluding tert-OH is 1. The molecule has 0 aliphatic heterocycles. The second-order valence-corrected chi connectivity index (χ2v) is 2.14. The van der Waals surface area contributed by atoms with Crippen LogP contribution in [0.3, 0.4) is 0 Å². The number of halogens is 1. The first kappa shape index (κ1) is 7.95. The van der Waals surface area contributed by atoms with E-state index in [1.807, 2.05) is 0 Å². The van der Waals surface area contributed by atoms with Gasteiger partial charge in [-0.15, -0.1) is 0 Å². The van der Waals surface area contributed by atoms with Crippen LogP contribution in [0.25, 0.3) is 6.08 Å². The molecule has 0 heterocycles. The van der Waals surface area contributed by atoms with E-state index >= 15 is 0 Å². The normalized spacial score (nSPS) is 10.7. The third kappa shape index (κ3) is 2.51. The molecule has 0 saturated heterocycles.